The Morgan fingerprint density at radius 2 is 1.35 bits per heavy atom. The summed E-state index contributed by atoms with van der Waals surface area (Å²) in [5.74, 6) is 2.80. The second-order valence-electron chi connectivity index (χ2n) is 5.85. The van der Waals surface area contributed by atoms with Crippen LogP contribution in [-0.2, 0) is 6.42 Å². The summed E-state index contributed by atoms with van der Waals surface area (Å²) in [4.78, 5) is 4.86. The van der Waals surface area contributed by atoms with Crippen LogP contribution >= 0.6 is 0 Å². The lowest BCUT2D eigenvalue weighted by Gasteiger charge is -2.14. The van der Waals surface area contributed by atoms with E-state index >= 15 is 0 Å². The van der Waals surface area contributed by atoms with Crippen LogP contribution in [0.4, 0.5) is 0 Å². The van der Waals surface area contributed by atoms with Crippen LogP contribution < -0.4 is 18.9 Å². The van der Waals surface area contributed by atoms with Crippen molar-refractivity contribution in [1.29, 1.82) is 0 Å². The summed E-state index contributed by atoms with van der Waals surface area (Å²) in [5.41, 5.74) is 2.78. The first kappa shape index (κ1) is 17.9. The summed E-state index contributed by atoms with van der Waals surface area (Å²) in [6.07, 6.45) is 0.832. The topological polar surface area (TPSA) is 49.8 Å². The van der Waals surface area contributed by atoms with Gasteiger partial charge < -0.3 is 18.9 Å². The molecule has 136 valence electrons. The van der Waals surface area contributed by atoms with Crippen molar-refractivity contribution >= 4 is 10.8 Å². The lowest BCUT2D eigenvalue weighted by Crippen LogP contribution is -1.97. The van der Waals surface area contributed by atoms with Gasteiger partial charge in [0.05, 0.1) is 34.1 Å². The van der Waals surface area contributed by atoms with Gasteiger partial charge in [-0.2, -0.15) is 0 Å². The molecule has 0 saturated heterocycles. The number of hydrogen-bond acceptors (Lipinski definition) is 5. The summed E-state index contributed by atoms with van der Waals surface area (Å²) in [6, 6.07) is 11.8. The SMILES string of the molecule is CCc1cc2cc(OC)c(OC)cc2c(-c2cc(OC)cc(OC)c2)n1. The highest BCUT2D eigenvalue weighted by Crippen LogP contribution is 2.38. The zero-order valence-electron chi connectivity index (χ0n) is 15.8. The van der Waals surface area contributed by atoms with Crippen LogP contribution in [0.5, 0.6) is 23.0 Å². The van der Waals surface area contributed by atoms with E-state index in [2.05, 4.69) is 13.0 Å². The van der Waals surface area contributed by atoms with Gasteiger partial charge in [0.15, 0.2) is 11.5 Å². The first-order valence-electron chi connectivity index (χ1n) is 8.42. The van der Waals surface area contributed by atoms with E-state index in [0.29, 0.717) is 11.5 Å². The number of pyridine rings is 1. The number of fused-ring (bicyclic) bond motifs is 1. The fourth-order valence-corrected chi connectivity index (χ4v) is 2.98. The van der Waals surface area contributed by atoms with Crippen molar-refractivity contribution in [3.05, 3.63) is 42.1 Å². The van der Waals surface area contributed by atoms with Crippen LogP contribution in [0.1, 0.15) is 12.6 Å². The summed E-state index contributed by atoms with van der Waals surface area (Å²) >= 11 is 0. The highest BCUT2D eigenvalue weighted by Gasteiger charge is 2.14. The fourth-order valence-electron chi connectivity index (χ4n) is 2.98. The molecule has 0 bridgehead atoms. The quantitative estimate of drug-likeness (QED) is 0.653. The molecule has 0 unspecified atom stereocenters. The maximum atomic E-state index is 5.48. The maximum absolute atomic E-state index is 5.48. The van der Waals surface area contributed by atoms with Crippen LogP contribution in [0.15, 0.2) is 36.4 Å². The molecule has 3 rings (SSSR count). The van der Waals surface area contributed by atoms with Gasteiger partial charge in [-0.15, -0.1) is 0 Å². The lowest BCUT2D eigenvalue weighted by molar-refractivity contribution is 0.356. The Hall–Kier alpha value is -2.95. The van der Waals surface area contributed by atoms with Crippen molar-refractivity contribution in [2.24, 2.45) is 0 Å². The van der Waals surface area contributed by atoms with Gasteiger partial charge in [-0.1, -0.05) is 6.92 Å². The Bertz CT molecular complexity index is 915. The molecule has 0 aliphatic carbocycles. The molecule has 0 N–H and O–H groups in total. The molecule has 0 radical (unpaired) electrons. The van der Waals surface area contributed by atoms with Crippen LogP contribution in [0.25, 0.3) is 22.0 Å². The van der Waals surface area contributed by atoms with E-state index in [0.717, 1.165) is 45.6 Å². The van der Waals surface area contributed by atoms with Crippen LogP contribution in [0.3, 0.4) is 0 Å². The van der Waals surface area contributed by atoms with E-state index in [1.807, 2.05) is 30.3 Å². The predicted octanol–water partition coefficient (Wildman–Crippen LogP) is 4.50. The van der Waals surface area contributed by atoms with Gasteiger partial charge in [-0.3, -0.25) is 4.98 Å². The van der Waals surface area contributed by atoms with E-state index in [1.54, 1.807) is 28.4 Å². The molecular weight excluding hydrogens is 330 g/mol. The third-order valence-electron chi connectivity index (χ3n) is 4.38. The number of ether oxygens (including phenoxy) is 4. The highest BCUT2D eigenvalue weighted by atomic mass is 16.5. The molecule has 0 atom stereocenters. The molecule has 0 aliphatic heterocycles. The minimum absolute atomic E-state index is 0.669. The number of aryl methyl sites for hydroxylation is 1. The van der Waals surface area contributed by atoms with Gasteiger partial charge >= 0.3 is 0 Å². The van der Waals surface area contributed by atoms with E-state index in [1.165, 1.54) is 0 Å². The third-order valence-corrected chi connectivity index (χ3v) is 4.38. The molecule has 5 nitrogen and oxygen atoms in total. The summed E-state index contributed by atoms with van der Waals surface area (Å²) in [5, 5.41) is 2.03. The Balaban J connectivity index is 2.34. The minimum Gasteiger partial charge on any atom is -0.497 e. The summed E-state index contributed by atoms with van der Waals surface area (Å²) < 4.78 is 21.8. The molecular formula is C21H23NO4. The first-order valence-corrected chi connectivity index (χ1v) is 8.42. The number of aromatic nitrogens is 1. The zero-order chi connectivity index (χ0) is 18.7. The second kappa shape index (κ2) is 7.52. The van der Waals surface area contributed by atoms with Crippen molar-refractivity contribution in [2.75, 3.05) is 28.4 Å². The fraction of sp³-hybridized carbons (Fsp3) is 0.286. The minimum atomic E-state index is 0.669. The van der Waals surface area contributed by atoms with E-state index in [9.17, 15) is 0 Å². The first-order chi connectivity index (χ1) is 12.6. The molecule has 0 fully saturated rings. The normalized spacial score (nSPS) is 10.7. The molecule has 1 heterocycles. The monoisotopic (exact) mass is 353 g/mol. The molecule has 26 heavy (non-hydrogen) atoms. The van der Waals surface area contributed by atoms with Gasteiger partial charge in [-0.25, -0.2) is 0 Å². The lowest BCUT2D eigenvalue weighted by atomic mass is 10.0. The van der Waals surface area contributed by atoms with Crippen molar-refractivity contribution in [3.8, 4) is 34.3 Å². The van der Waals surface area contributed by atoms with Crippen molar-refractivity contribution in [2.45, 2.75) is 13.3 Å². The average molecular weight is 353 g/mol. The van der Waals surface area contributed by atoms with Gasteiger partial charge in [0.2, 0.25) is 0 Å². The summed E-state index contributed by atoms with van der Waals surface area (Å²) in [7, 11) is 6.55. The number of benzene rings is 2. The molecule has 2 aromatic carbocycles. The van der Waals surface area contributed by atoms with Gasteiger partial charge in [0, 0.05) is 22.7 Å². The van der Waals surface area contributed by atoms with Gasteiger partial charge in [0.25, 0.3) is 0 Å². The predicted molar refractivity (Wildman–Crippen MR) is 103 cm³/mol. The third kappa shape index (κ3) is 3.25. The molecule has 0 amide bonds. The number of rotatable bonds is 6. The van der Waals surface area contributed by atoms with Crippen molar-refractivity contribution < 1.29 is 18.9 Å². The maximum Gasteiger partial charge on any atom is 0.161 e. The van der Waals surface area contributed by atoms with E-state index in [-0.39, 0.29) is 0 Å². The van der Waals surface area contributed by atoms with E-state index < -0.39 is 0 Å². The van der Waals surface area contributed by atoms with Crippen LogP contribution in [-0.4, -0.2) is 33.4 Å². The molecule has 0 aliphatic rings. The summed E-state index contributed by atoms with van der Waals surface area (Å²) in [6.45, 7) is 2.09. The molecule has 3 aromatic rings. The highest BCUT2D eigenvalue weighted by molar-refractivity contribution is 5.97. The largest absolute Gasteiger partial charge is 0.497 e. The molecule has 0 saturated carbocycles. The Labute approximate surface area is 153 Å². The Morgan fingerprint density at radius 1 is 0.731 bits per heavy atom. The number of hydrogen-bond donors (Lipinski definition) is 0. The molecule has 1 aromatic heterocycles. The number of nitrogens with zero attached hydrogens (tertiary/aromatic N) is 1. The van der Waals surface area contributed by atoms with Gasteiger partial charge in [0.1, 0.15) is 11.5 Å². The smallest absolute Gasteiger partial charge is 0.161 e. The average Bonchev–Trinajstić information content (AvgIpc) is 2.71. The van der Waals surface area contributed by atoms with Gasteiger partial charge in [-0.05, 0) is 42.1 Å². The van der Waals surface area contributed by atoms with Crippen molar-refractivity contribution in [3.63, 3.8) is 0 Å². The Morgan fingerprint density at radius 3 is 1.88 bits per heavy atom. The van der Waals surface area contributed by atoms with Crippen LogP contribution in [0.2, 0.25) is 0 Å². The standard InChI is InChI=1S/C21H23NO4/c1-6-15-7-13-10-19(25-4)20(26-5)12-18(13)21(22-15)14-8-16(23-2)11-17(9-14)24-3/h7-12H,6H2,1-5H3. The molecule has 5 heteroatoms. The van der Waals surface area contributed by atoms with E-state index in [4.69, 9.17) is 23.9 Å². The number of methoxy groups -OCH3 is 4. The van der Waals surface area contributed by atoms with Crippen LogP contribution in [0, 0.1) is 0 Å². The van der Waals surface area contributed by atoms with Crippen molar-refractivity contribution in [1.82, 2.24) is 4.98 Å². The zero-order valence-corrected chi connectivity index (χ0v) is 15.8. The Kier molecular flexibility index (Phi) is 5.16. The second-order valence-corrected chi connectivity index (χ2v) is 5.85. The molecule has 0 spiro atoms.